The number of carboxylic acid groups (broad SMARTS) is 1. The highest BCUT2D eigenvalue weighted by molar-refractivity contribution is 5.93. The van der Waals surface area contributed by atoms with E-state index in [1.807, 2.05) is 0 Å². The molecular formula is C11H14F2N2O4. The first-order chi connectivity index (χ1) is 8.74. The number of hydrogen-bond donors (Lipinski definition) is 3. The molecule has 0 aliphatic rings. The van der Waals surface area contributed by atoms with Crippen molar-refractivity contribution in [2.75, 3.05) is 6.54 Å². The van der Waals surface area contributed by atoms with E-state index >= 15 is 0 Å². The predicted molar refractivity (Wildman–Crippen MR) is 61.0 cm³/mol. The molecule has 1 aromatic heterocycles. The van der Waals surface area contributed by atoms with E-state index < -0.39 is 37.0 Å². The third-order valence-electron chi connectivity index (χ3n) is 2.45. The van der Waals surface area contributed by atoms with Crippen LogP contribution in [0.5, 0.6) is 0 Å². The van der Waals surface area contributed by atoms with Gasteiger partial charge in [-0.15, -0.1) is 0 Å². The molecule has 0 aliphatic heterocycles. The lowest BCUT2D eigenvalue weighted by molar-refractivity contribution is -0.155. The number of halogens is 2. The van der Waals surface area contributed by atoms with Gasteiger partial charge in [0.15, 0.2) is 5.60 Å². The van der Waals surface area contributed by atoms with E-state index in [2.05, 4.69) is 5.32 Å². The van der Waals surface area contributed by atoms with Crippen molar-refractivity contribution < 1.29 is 28.6 Å². The molecule has 0 saturated heterocycles. The number of nitrogens with one attached hydrogen (secondary N) is 1. The molecule has 19 heavy (non-hydrogen) atoms. The molecule has 1 atom stereocenters. The Morgan fingerprint density at radius 2 is 2.16 bits per heavy atom. The van der Waals surface area contributed by atoms with E-state index in [1.165, 1.54) is 18.3 Å². The van der Waals surface area contributed by atoms with Crippen molar-refractivity contribution in [3.8, 4) is 0 Å². The Bertz CT molecular complexity index is 471. The van der Waals surface area contributed by atoms with E-state index in [0.29, 0.717) is 0 Å². The third-order valence-corrected chi connectivity index (χ3v) is 2.45. The van der Waals surface area contributed by atoms with Gasteiger partial charge in [-0.1, -0.05) is 0 Å². The van der Waals surface area contributed by atoms with Gasteiger partial charge in [0.25, 0.3) is 12.3 Å². The first kappa shape index (κ1) is 15.1. The molecule has 1 rings (SSSR count). The lowest BCUT2D eigenvalue weighted by atomic mass is 10.1. The number of carbonyl (C=O) groups excluding carboxylic acids is 1. The number of alkyl halides is 2. The van der Waals surface area contributed by atoms with Crippen LogP contribution in [0.15, 0.2) is 18.3 Å². The van der Waals surface area contributed by atoms with Crippen LogP contribution in [-0.4, -0.2) is 45.2 Å². The first-order valence-corrected chi connectivity index (χ1v) is 5.41. The number of nitrogens with zero attached hydrogens (tertiary/aromatic N) is 1. The molecule has 106 valence electrons. The molecule has 0 spiro atoms. The molecule has 6 nitrogen and oxygen atoms in total. The Kier molecular flexibility index (Phi) is 4.60. The summed E-state index contributed by atoms with van der Waals surface area (Å²) in [5.74, 6) is -2.22. The second-order valence-corrected chi connectivity index (χ2v) is 4.20. The first-order valence-electron chi connectivity index (χ1n) is 5.41. The zero-order chi connectivity index (χ0) is 14.6. The number of rotatable bonds is 6. The largest absolute Gasteiger partial charge is 0.479 e. The van der Waals surface area contributed by atoms with Crippen molar-refractivity contribution in [3.05, 3.63) is 24.0 Å². The molecule has 1 unspecified atom stereocenters. The van der Waals surface area contributed by atoms with E-state index in [1.54, 1.807) is 0 Å². The summed E-state index contributed by atoms with van der Waals surface area (Å²) in [4.78, 5) is 22.3. The fourth-order valence-corrected chi connectivity index (χ4v) is 1.35. The maximum atomic E-state index is 12.3. The third kappa shape index (κ3) is 4.02. The Balaban J connectivity index is 2.69. The van der Waals surface area contributed by atoms with Crippen molar-refractivity contribution in [1.29, 1.82) is 0 Å². The molecule has 0 bridgehead atoms. The fourth-order valence-electron chi connectivity index (χ4n) is 1.35. The number of aromatic nitrogens is 1. The van der Waals surface area contributed by atoms with Crippen LogP contribution in [-0.2, 0) is 11.3 Å². The van der Waals surface area contributed by atoms with Crippen LogP contribution < -0.4 is 5.32 Å². The maximum Gasteiger partial charge on any atom is 0.337 e. The van der Waals surface area contributed by atoms with Crippen molar-refractivity contribution in [1.82, 2.24) is 9.88 Å². The molecular weight excluding hydrogens is 262 g/mol. The highest BCUT2D eigenvalue weighted by atomic mass is 19.3. The van der Waals surface area contributed by atoms with Crippen LogP contribution >= 0.6 is 0 Å². The van der Waals surface area contributed by atoms with Gasteiger partial charge in [0, 0.05) is 6.20 Å². The minimum absolute atomic E-state index is 0.0264. The molecule has 1 aromatic rings. The van der Waals surface area contributed by atoms with Gasteiger partial charge in [0.2, 0.25) is 0 Å². The van der Waals surface area contributed by atoms with Gasteiger partial charge >= 0.3 is 5.97 Å². The summed E-state index contributed by atoms with van der Waals surface area (Å²) in [7, 11) is 0. The summed E-state index contributed by atoms with van der Waals surface area (Å²) in [5, 5.41) is 20.2. The van der Waals surface area contributed by atoms with Crippen LogP contribution in [0.25, 0.3) is 0 Å². The Morgan fingerprint density at radius 3 is 2.68 bits per heavy atom. The zero-order valence-corrected chi connectivity index (χ0v) is 10.1. The van der Waals surface area contributed by atoms with Gasteiger partial charge in [0.05, 0.1) is 13.1 Å². The van der Waals surface area contributed by atoms with Crippen LogP contribution in [0.2, 0.25) is 0 Å². The summed E-state index contributed by atoms with van der Waals surface area (Å²) < 4.78 is 25.6. The minimum Gasteiger partial charge on any atom is -0.479 e. The van der Waals surface area contributed by atoms with E-state index in [0.717, 1.165) is 11.5 Å². The van der Waals surface area contributed by atoms with Gasteiger partial charge in [-0.05, 0) is 19.1 Å². The SMILES string of the molecule is CC(O)(CNC(=O)c1cccn1CC(F)F)C(=O)O. The highest BCUT2D eigenvalue weighted by Gasteiger charge is 2.30. The smallest absolute Gasteiger partial charge is 0.337 e. The zero-order valence-electron chi connectivity index (χ0n) is 10.1. The summed E-state index contributed by atoms with van der Waals surface area (Å²) in [6.45, 7) is -0.139. The average molecular weight is 276 g/mol. The second kappa shape index (κ2) is 5.79. The standard InChI is InChI=1S/C11H14F2N2O4/c1-11(19,10(17)18)6-14-9(16)7-3-2-4-15(7)5-8(12)13/h2-4,8,19H,5-6H2,1H3,(H,14,16)(H,17,18). The number of amides is 1. The molecule has 0 aliphatic carbocycles. The molecule has 0 radical (unpaired) electrons. The number of carboxylic acids is 1. The molecule has 3 N–H and O–H groups in total. The molecule has 0 saturated carbocycles. The van der Waals surface area contributed by atoms with Crippen molar-refractivity contribution >= 4 is 11.9 Å². The van der Waals surface area contributed by atoms with Crippen LogP contribution in [0.4, 0.5) is 8.78 Å². The lowest BCUT2D eigenvalue weighted by Gasteiger charge is -2.18. The summed E-state index contributed by atoms with van der Waals surface area (Å²) in [6, 6.07) is 2.75. The Hall–Kier alpha value is -1.96. The van der Waals surface area contributed by atoms with Crippen molar-refractivity contribution in [2.24, 2.45) is 0 Å². The molecule has 1 heterocycles. The van der Waals surface area contributed by atoms with Crippen molar-refractivity contribution in [2.45, 2.75) is 25.5 Å². The average Bonchev–Trinajstić information content (AvgIpc) is 2.73. The van der Waals surface area contributed by atoms with Gasteiger partial charge in [-0.25, -0.2) is 13.6 Å². The quantitative estimate of drug-likeness (QED) is 0.697. The van der Waals surface area contributed by atoms with Gasteiger partial charge < -0.3 is 20.1 Å². The minimum atomic E-state index is -2.61. The number of aliphatic carboxylic acids is 1. The summed E-state index contributed by atoms with van der Waals surface area (Å²) in [6.07, 6.45) is -1.29. The Morgan fingerprint density at radius 1 is 1.53 bits per heavy atom. The van der Waals surface area contributed by atoms with Gasteiger partial charge in [0.1, 0.15) is 5.69 Å². The highest BCUT2D eigenvalue weighted by Crippen LogP contribution is 2.07. The summed E-state index contributed by atoms with van der Waals surface area (Å²) in [5.41, 5.74) is -2.14. The second-order valence-electron chi connectivity index (χ2n) is 4.20. The predicted octanol–water partition coefficient (Wildman–Crippen LogP) is 0.319. The maximum absolute atomic E-state index is 12.3. The fraction of sp³-hybridized carbons (Fsp3) is 0.455. The lowest BCUT2D eigenvalue weighted by Crippen LogP contribution is -2.46. The monoisotopic (exact) mass is 276 g/mol. The van der Waals surface area contributed by atoms with E-state index in [4.69, 9.17) is 5.11 Å². The van der Waals surface area contributed by atoms with Crippen LogP contribution in [0.1, 0.15) is 17.4 Å². The molecule has 1 amide bonds. The van der Waals surface area contributed by atoms with Gasteiger partial charge in [-0.2, -0.15) is 0 Å². The number of aliphatic hydroxyl groups is 1. The Labute approximate surface area is 107 Å². The number of hydrogen-bond acceptors (Lipinski definition) is 3. The summed E-state index contributed by atoms with van der Waals surface area (Å²) >= 11 is 0. The van der Waals surface area contributed by atoms with Crippen LogP contribution in [0, 0.1) is 0 Å². The molecule has 8 heteroatoms. The van der Waals surface area contributed by atoms with Gasteiger partial charge in [-0.3, -0.25) is 4.79 Å². The van der Waals surface area contributed by atoms with E-state index in [-0.39, 0.29) is 5.69 Å². The van der Waals surface area contributed by atoms with Crippen molar-refractivity contribution in [3.63, 3.8) is 0 Å². The topological polar surface area (TPSA) is 91.6 Å². The van der Waals surface area contributed by atoms with Crippen LogP contribution in [0.3, 0.4) is 0 Å². The molecule has 0 aromatic carbocycles. The normalized spacial score (nSPS) is 14.2. The number of carbonyl (C=O) groups is 2. The van der Waals surface area contributed by atoms with E-state index in [9.17, 15) is 23.5 Å². The molecule has 0 fully saturated rings.